The highest BCUT2D eigenvalue weighted by Crippen LogP contribution is 2.47. The minimum Gasteiger partial charge on any atom is -0.468 e. The number of hydrogen-bond acceptors (Lipinski definition) is 4. The van der Waals surface area contributed by atoms with E-state index >= 15 is 0 Å². The highest BCUT2D eigenvalue weighted by Gasteiger charge is 2.55. The lowest BCUT2D eigenvalue weighted by Gasteiger charge is -2.27. The molecule has 4 heteroatoms. The number of fused-ring (bicyclic) bond motifs is 1. The number of benzene rings is 2. The zero-order valence-corrected chi connectivity index (χ0v) is 14.1. The Labute approximate surface area is 146 Å². The van der Waals surface area contributed by atoms with Crippen molar-refractivity contribution in [2.45, 2.75) is 13.3 Å². The van der Waals surface area contributed by atoms with E-state index in [4.69, 9.17) is 4.74 Å². The van der Waals surface area contributed by atoms with Gasteiger partial charge in [0.15, 0.2) is 11.2 Å². The van der Waals surface area contributed by atoms with Crippen molar-refractivity contribution in [3.63, 3.8) is 0 Å². The predicted molar refractivity (Wildman–Crippen MR) is 94.1 cm³/mol. The minimum atomic E-state index is -1.53. The number of aldehydes is 1. The summed E-state index contributed by atoms with van der Waals surface area (Å²) in [6.45, 7) is 1.94. The zero-order valence-electron chi connectivity index (χ0n) is 14.1. The molecule has 1 aliphatic rings. The number of allylic oxidation sites excluding steroid dienone is 1. The number of ether oxygens (including phenoxy) is 1. The van der Waals surface area contributed by atoms with E-state index in [2.05, 4.69) is 0 Å². The van der Waals surface area contributed by atoms with Crippen LogP contribution in [-0.4, -0.2) is 25.1 Å². The van der Waals surface area contributed by atoms with E-state index in [1.54, 1.807) is 12.1 Å². The predicted octanol–water partition coefficient (Wildman–Crippen LogP) is 3.18. The van der Waals surface area contributed by atoms with Crippen LogP contribution in [0.1, 0.15) is 27.0 Å². The van der Waals surface area contributed by atoms with E-state index in [0.717, 1.165) is 11.1 Å². The average Bonchev–Trinajstić information content (AvgIpc) is 2.94. The molecule has 25 heavy (non-hydrogen) atoms. The van der Waals surface area contributed by atoms with Crippen LogP contribution in [0, 0.1) is 12.3 Å². The van der Waals surface area contributed by atoms with Gasteiger partial charge < -0.3 is 4.74 Å². The fourth-order valence-electron chi connectivity index (χ4n) is 3.44. The van der Waals surface area contributed by atoms with Gasteiger partial charge in [-0.15, -0.1) is 0 Å². The molecular formula is C21H18O4. The fraction of sp³-hybridized carbons (Fsp3) is 0.190. The van der Waals surface area contributed by atoms with Crippen molar-refractivity contribution in [1.82, 2.24) is 0 Å². The molecule has 0 fully saturated rings. The second kappa shape index (κ2) is 6.48. The number of Topliss-reactive ketones (excluding diaryl/α,β-unsaturated/α-hetero) is 1. The lowest BCUT2D eigenvalue weighted by atomic mass is 9.73. The van der Waals surface area contributed by atoms with E-state index in [0.29, 0.717) is 23.0 Å². The second-order valence-electron chi connectivity index (χ2n) is 6.14. The van der Waals surface area contributed by atoms with Crippen molar-refractivity contribution in [3.05, 3.63) is 76.9 Å². The number of carbonyl (C=O) groups excluding carboxylic acids is 3. The smallest absolute Gasteiger partial charge is 0.324 e. The summed E-state index contributed by atoms with van der Waals surface area (Å²) in [5, 5.41) is 0. The molecule has 1 unspecified atom stereocenters. The van der Waals surface area contributed by atoms with Gasteiger partial charge in [0.1, 0.15) is 6.29 Å². The van der Waals surface area contributed by atoms with E-state index < -0.39 is 11.4 Å². The Kier molecular flexibility index (Phi) is 4.36. The third-order valence-electron chi connectivity index (χ3n) is 4.70. The summed E-state index contributed by atoms with van der Waals surface area (Å²) in [5.41, 5.74) is 1.81. The van der Waals surface area contributed by atoms with Crippen LogP contribution in [0.2, 0.25) is 0 Å². The standard InChI is InChI=1S/C21H18O4/c1-14-7-9-15(10-8-14)18(11-12-22)21(20(24)25-2)13-16-5-3-4-6-17(16)19(21)23/h3-12H,13H2,1-2H3/b18-11-. The van der Waals surface area contributed by atoms with Gasteiger partial charge in [-0.1, -0.05) is 54.1 Å². The molecule has 0 heterocycles. The maximum absolute atomic E-state index is 13.2. The number of ketones is 1. The lowest BCUT2D eigenvalue weighted by molar-refractivity contribution is -0.146. The molecule has 0 bridgehead atoms. The van der Waals surface area contributed by atoms with E-state index in [1.165, 1.54) is 13.2 Å². The van der Waals surface area contributed by atoms with Gasteiger partial charge in [0.2, 0.25) is 0 Å². The molecule has 0 aliphatic heterocycles. The Morgan fingerprint density at radius 3 is 2.40 bits per heavy atom. The Bertz CT molecular complexity index is 877. The Hall–Kier alpha value is -3.01. The molecule has 0 radical (unpaired) electrons. The summed E-state index contributed by atoms with van der Waals surface area (Å²) >= 11 is 0. The largest absolute Gasteiger partial charge is 0.468 e. The molecule has 1 atom stereocenters. The second-order valence-corrected chi connectivity index (χ2v) is 6.14. The molecular weight excluding hydrogens is 316 g/mol. The molecule has 0 saturated heterocycles. The highest BCUT2D eigenvalue weighted by atomic mass is 16.5. The summed E-state index contributed by atoms with van der Waals surface area (Å²) < 4.78 is 5.00. The first-order chi connectivity index (χ1) is 12.0. The number of hydrogen-bond donors (Lipinski definition) is 0. The van der Waals surface area contributed by atoms with Crippen LogP contribution in [0.15, 0.2) is 54.6 Å². The summed E-state index contributed by atoms with van der Waals surface area (Å²) in [6.07, 6.45) is 2.09. The zero-order chi connectivity index (χ0) is 18.0. The first-order valence-electron chi connectivity index (χ1n) is 7.98. The van der Waals surface area contributed by atoms with Crippen LogP contribution in [0.25, 0.3) is 5.57 Å². The maximum Gasteiger partial charge on any atom is 0.324 e. The first kappa shape index (κ1) is 16.8. The molecule has 126 valence electrons. The van der Waals surface area contributed by atoms with Crippen LogP contribution >= 0.6 is 0 Å². The normalized spacial score (nSPS) is 19.4. The fourth-order valence-corrected chi connectivity index (χ4v) is 3.44. The van der Waals surface area contributed by atoms with Gasteiger partial charge in [-0.2, -0.15) is 0 Å². The van der Waals surface area contributed by atoms with Crippen LogP contribution in [0.5, 0.6) is 0 Å². The van der Waals surface area contributed by atoms with Gasteiger partial charge >= 0.3 is 5.97 Å². The van der Waals surface area contributed by atoms with Crippen molar-refractivity contribution >= 4 is 23.6 Å². The van der Waals surface area contributed by atoms with Crippen molar-refractivity contribution < 1.29 is 19.1 Å². The molecule has 0 saturated carbocycles. The molecule has 0 aromatic heterocycles. The van der Waals surface area contributed by atoms with E-state index in [-0.39, 0.29) is 12.2 Å². The van der Waals surface area contributed by atoms with Gasteiger partial charge in [0, 0.05) is 12.0 Å². The summed E-state index contributed by atoms with van der Waals surface area (Å²) in [4.78, 5) is 37.3. The highest BCUT2D eigenvalue weighted by molar-refractivity contribution is 6.24. The van der Waals surface area contributed by atoms with Crippen LogP contribution in [-0.2, 0) is 20.7 Å². The number of esters is 1. The molecule has 2 aromatic rings. The first-order valence-corrected chi connectivity index (χ1v) is 7.98. The minimum absolute atomic E-state index is 0.183. The molecule has 2 aromatic carbocycles. The quantitative estimate of drug-likeness (QED) is 0.373. The summed E-state index contributed by atoms with van der Waals surface area (Å²) in [5.74, 6) is -0.981. The monoisotopic (exact) mass is 334 g/mol. The van der Waals surface area contributed by atoms with Gasteiger partial charge in [-0.3, -0.25) is 14.4 Å². The van der Waals surface area contributed by atoms with Crippen LogP contribution < -0.4 is 0 Å². The lowest BCUT2D eigenvalue weighted by Crippen LogP contribution is -2.39. The van der Waals surface area contributed by atoms with Crippen LogP contribution in [0.3, 0.4) is 0 Å². The topological polar surface area (TPSA) is 60.4 Å². The van der Waals surface area contributed by atoms with Crippen LogP contribution in [0.4, 0.5) is 0 Å². The van der Waals surface area contributed by atoms with Gasteiger partial charge in [0.25, 0.3) is 0 Å². The Balaban J connectivity index is 2.24. The molecule has 0 N–H and O–H groups in total. The van der Waals surface area contributed by atoms with E-state index in [9.17, 15) is 14.4 Å². The van der Waals surface area contributed by atoms with Crippen molar-refractivity contribution in [1.29, 1.82) is 0 Å². The van der Waals surface area contributed by atoms with Gasteiger partial charge in [-0.25, -0.2) is 0 Å². The van der Waals surface area contributed by atoms with Crippen molar-refractivity contribution in [2.24, 2.45) is 5.41 Å². The number of carbonyl (C=O) groups is 3. The Morgan fingerprint density at radius 1 is 1.12 bits per heavy atom. The van der Waals surface area contributed by atoms with Gasteiger partial charge in [0.05, 0.1) is 7.11 Å². The maximum atomic E-state index is 13.2. The van der Waals surface area contributed by atoms with Crippen molar-refractivity contribution in [3.8, 4) is 0 Å². The molecule has 3 rings (SSSR count). The third kappa shape index (κ3) is 2.60. The number of aryl methyl sites for hydroxylation is 1. The molecule has 1 aliphatic carbocycles. The van der Waals surface area contributed by atoms with Gasteiger partial charge in [-0.05, 0) is 29.7 Å². The molecule has 0 spiro atoms. The average molecular weight is 334 g/mol. The molecule has 0 amide bonds. The number of rotatable bonds is 4. The third-order valence-corrected chi connectivity index (χ3v) is 4.70. The number of methoxy groups -OCH3 is 1. The summed E-state index contributed by atoms with van der Waals surface area (Å²) in [7, 11) is 1.26. The van der Waals surface area contributed by atoms with Crippen molar-refractivity contribution in [2.75, 3.05) is 7.11 Å². The molecule has 4 nitrogen and oxygen atoms in total. The van der Waals surface area contributed by atoms with E-state index in [1.807, 2.05) is 43.3 Å². The summed E-state index contributed by atoms with van der Waals surface area (Å²) in [6, 6.07) is 14.5. The SMILES string of the molecule is COC(=O)C1(/C(=C\C=O)c2ccc(C)cc2)Cc2ccccc2C1=O. The Morgan fingerprint density at radius 2 is 1.80 bits per heavy atom.